The molecule has 0 spiro atoms. The Morgan fingerprint density at radius 2 is 1.85 bits per heavy atom. The van der Waals surface area contributed by atoms with E-state index in [0.29, 0.717) is 18.7 Å². The lowest BCUT2D eigenvalue weighted by molar-refractivity contribution is 0.0563. The van der Waals surface area contributed by atoms with Crippen LogP contribution in [0, 0.1) is 0 Å². The molecule has 1 saturated heterocycles. The number of ether oxygens (including phenoxy) is 1. The number of amides is 1. The SMILES string of the molecule is C[C@H]1CN(C(=O)c2ccc(-c3c(O)ccc4ccccc34)cc2)CCCO1. The topological polar surface area (TPSA) is 49.8 Å². The van der Waals surface area contributed by atoms with E-state index in [4.69, 9.17) is 4.74 Å². The van der Waals surface area contributed by atoms with Gasteiger partial charge in [0.15, 0.2) is 0 Å². The summed E-state index contributed by atoms with van der Waals surface area (Å²) in [6.07, 6.45) is 0.918. The smallest absolute Gasteiger partial charge is 0.253 e. The van der Waals surface area contributed by atoms with E-state index in [9.17, 15) is 9.90 Å². The van der Waals surface area contributed by atoms with Crippen molar-refractivity contribution in [3.8, 4) is 16.9 Å². The molecule has 0 saturated carbocycles. The molecule has 1 heterocycles. The molecule has 1 aliphatic heterocycles. The highest BCUT2D eigenvalue weighted by Gasteiger charge is 2.21. The highest BCUT2D eigenvalue weighted by atomic mass is 16.5. The molecule has 0 aromatic heterocycles. The van der Waals surface area contributed by atoms with Crippen LogP contribution in [0.2, 0.25) is 0 Å². The largest absolute Gasteiger partial charge is 0.507 e. The number of nitrogens with zero attached hydrogens (tertiary/aromatic N) is 1. The first-order valence-electron chi connectivity index (χ1n) is 9.35. The van der Waals surface area contributed by atoms with Gasteiger partial charge in [-0.15, -0.1) is 0 Å². The number of carbonyl (C=O) groups is 1. The maximum atomic E-state index is 12.8. The second kappa shape index (κ2) is 7.41. The van der Waals surface area contributed by atoms with E-state index in [2.05, 4.69) is 0 Å². The highest BCUT2D eigenvalue weighted by Crippen LogP contribution is 2.36. The van der Waals surface area contributed by atoms with Crippen molar-refractivity contribution in [3.63, 3.8) is 0 Å². The summed E-state index contributed by atoms with van der Waals surface area (Å²) in [5.74, 6) is 0.271. The van der Waals surface area contributed by atoms with Gasteiger partial charge in [0.05, 0.1) is 6.10 Å². The fourth-order valence-electron chi connectivity index (χ4n) is 3.70. The van der Waals surface area contributed by atoms with Gasteiger partial charge in [-0.1, -0.05) is 42.5 Å². The number of aromatic hydroxyl groups is 1. The first-order chi connectivity index (χ1) is 13.1. The summed E-state index contributed by atoms with van der Waals surface area (Å²) < 4.78 is 5.63. The van der Waals surface area contributed by atoms with E-state index in [1.54, 1.807) is 6.07 Å². The number of hydrogen-bond donors (Lipinski definition) is 1. The molecule has 1 amide bonds. The third kappa shape index (κ3) is 3.53. The summed E-state index contributed by atoms with van der Waals surface area (Å²) in [6.45, 7) is 4.03. The zero-order chi connectivity index (χ0) is 18.8. The van der Waals surface area contributed by atoms with Gasteiger partial charge in [-0.25, -0.2) is 0 Å². The minimum absolute atomic E-state index is 0.0287. The average molecular weight is 361 g/mol. The van der Waals surface area contributed by atoms with Gasteiger partial charge in [0.25, 0.3) is 5.91 Å². The summed E-state index contributed by atoms with van der Waals surface area (Å²) in [7, 11) is 0. The van der Waals surface area contributed by atoms with Crippen molar-refractivity contribution in [1.29, 1.82) is 0 Å². The molecule has 0 bridgehead atoms. The molecule has 0 aliphatic carbocycles. The molecule has 0 radical (unpaired) electrons. The second-order valence-corrected chi connectivity index (χ2v) is 7.04. The van der Waals surface area contributed by atoms with Crippen LogP contribution in [0.25, 0.3) is 21.9 Å². The van der Waals surface area contributed by atoms with Gasteiger partial charge < -0.3 is 14.7 Å². The van der Waals surface area contributed by atoms with Gasteiger partial charge >= 0.3 is 0 Å². The van der Waals surface area contributed by atoms with E-state index < -0.39 is 0 Å². The molecular weight excluding hydrogens is 338 g/mol. The lowest BCUT2D eigenvalue weighted by Crippen LogP contribution is -2.35. The fourth-order valence-corrected chi connectivity index (χ4v) is 3.70. The maximum absolute atomic E-state index is 12.8. The number of hydrogen-bond acceptors (Lipinski definition) is 3. The molecule has 4 nitrogen and oxygen atoms in total. The van der Waals surface area contributed by atoms with Gasteiger partial charge in [0.1, 0.15) is 5.75 Å². The Morgan fingerprint density at radius 1 is 1.07 bits per heavy atom. The minimum Gasteiger partial charge on any atom is -0.507 e. The Morgan fingerprint density at radius 3 is 2.67 bits per heavy atom. The van der Waals surface area contributed by atoms with Crippen molar-refractivity contribution in [2.24, 2.45) is 0 Å². The van der Waals surface area contributed by atoms with Crippen LogP contribution in [0.1, 0.15) is 23.7 Å². The second-order valence-electron chi connectivity index (χ2n) is 7.04. The predicted molar refractivity (Wildman–Crippen MR) is 107 cm³/mol. The van der Waals surface area contributed by atoms with Crippen LogP contribution in [0.15, 0.2) is 60.7 Å². The normalized spacial score (nSPS) is 17.7. The van der Waals surface area contributed by atoms with Crippen molar-refractivity contribution >= 4 is 16.7 Å². The molecular formula is C23H23NO3. The Balaban J connectivity index is 1.65. The van der Waals surface area contributed by atoms with Gasteiger partial charge in [0, 0.05) is 30.8 Å². The van der Waals surface area contributed by atoms with Gasteiger partial charge in [-0.3, -0.25) is 4.79 Å². The van der Waals surface area contributed by atoms with Crippen LogP contribution in [0.5, 0.6) is 5.75 Å². The molecule has 138 valence electrons. The maximum Gasteiger partial charge on any atom is 0.253 e. The number of phenols is 1. The summed E-state index contributed by atoms with van der Waals surface area (Å²) in [5.41, 5.74) is 2.35. The molecule has 4 rings (SSSR count). The number of rotatable bonds is 2. The number of phenolic OH excluding ortho intramolecular Hbond substituents is 1. The molecule has 1 fully saturated rings. The van der Waals surface area contributed by atoms with Crippen LogP contribution in [0.4, 0.5) is 0 Å². The predicted octanol–water partition coefficient (Wildman–Crippen LogP) is 4.46. The van der Waals surface area contributed by atoms with Crippen LogP contribution >= 0.6 is 0 Å². The zero-order valence-electron chi connectivity index (χ0n) is 15.4. The monoisotopic (exact) mass is 361 g/mol. The van der Waals surface area contributed by atoms with Crippen molar-refractivity contribution in [1.82, 2.24) is 4.90 Å². The zero-order valence-corrected chi connectivity index (χ0v) is 15.4. The minimum atomic E-state index is 0.0287. The third-order valence-corrected chi connectivity index (χ3v) is 5.07. The first kappa shape index (κ1) is 17.6. The first-order valence-corrected chi connectivity index (χ1v) is 9.35. The van der Waals surface area contributed by atoms with Crippen molar-refractivity contribution in [2.75, 3.05) is 19.7 Å². The van der Waals surface area contributed by atoms with E-state index in [1.807, 2.05) is 66.4 Å². The fraction of sp³-hybridized carbons (Fsp3) is 0.261. The van der Waals surface area contributed by atoms with E-state index in [0.717, 1.165) is 34.9 Å². The quantitative estimate of drug-likeness (QED) is 0.733. The van der Waals surface area contributed by atoms with Crippen LogP contribution in [-0.2, 0) is 4.74 Å². The number of fused-ring (bicyclic) bond motifs is 1. The highest BCUT2D eigenvalue weighted by molar-refractivity contribution is 6.00. The Hall–Kier alpha value is -2.85. The van der Waals surface area contributed by atoms with E-state index in [1.165, 1.54) is 0 Å². The van der Waals surface area contributed by atoms with Gasteiger partial charge in [-0.05, 0) is 47.9 Å². The van der Waals surface area contributed by atoms with Crippen LogP contribution < -0.4 is 0 Å². The van der Waals surface area contributed by atoms with Gasteiger partial charge in [0.2, 0.25) is 0 Å². The average Bonchev–Trinajstić information content (AvgIpc) is 2.92. The van der Waals surface area contributed by atoms with E-state index >= 15 is 0 Å². The van der Waals surface area contributed by atoms with Crippen molar-refractivity contribution in [3.05, 3.63) is 66.2 Å². The van der Waals surface area contributed by atoms with Crippen LogP contribution in [-0.4, -0.2) is 41.7 Å². The molecule has 0 unspecified atom stereocenters. The Bertz CT molecular complexity index is 965. The molecule has 1 aliphatic rings. The molecule has 27 heavy (non-hydrogen) atoms. The third-order valence-electron chi connectivity index (χ3n) is 5.07. The molecule has 1 N–H and O–H groups in total. The summed E-state index contributed by atoms with van der Waals surface area (Å²) in [5, 5.41) is 12.5. The molecule has 3 aromatic carbocycles. The molecule has 4 heteroatoms. The summed E-state index contributed by atoms with van der Waals surface area (Å²) >= 11 is 0. The van der Waals surface area contributed by atoms with Gasteiger partial charge in [-0.2, -0.15) is 0 Å². The lowest BCUT2D eigenvalue weighted by atomic mass is 9.96. The standard InChI is InChI=1S/C23H23NO3/c1-16-15-24(13-4-14-27-16)23(26)19-9-7-18(8-10-19)22-20-6-3-2-5-17(20)11-12-21(22)25/h2-3,5-12,16,25H,4,13-15H2,1H3/t16-/m0/s1. The number of benzene rings is 3. The van der Waals surface area contributed by atoms with Crippen molar-refractivity contribution in [2.45, 2.75) is 19.4 Å². The molecule has 1 atom stereocenters. The Labute approximate surface area is 159 Å². The summed E-state index contributed by atoms with van der Waals surface area (Å²) in [4.78, 5) is 14.7. The van der Waals surface area contributed by atoms with Crippen molar-refractivity contribution < 1.29 is 14.6 Å². The van der Waals surface area contributed by atoms with E-state index in [-0.39, 0.29) is 17.8 Å². The van der Waals surface area contributed by atoms with Crippen LogP contribution in [0.3, 0.4) is 0 Å². The summed E-state index contributed by atoms with van der Waals surface area (Å²) in [6, 6.07) is 19.1. The lowest BCUT2D eigenvalue weighted by Gasteiger charge is -2.22. The molecule has 3 aromatic rings. The number of carbonyl (C=O) groups excluding carboxylic acids is 1. The Kier molecular flexibility index (Phi) is 4.82.